The predicted octanol–water partition coefficient (Wildman–Crippen LogP) is 4.87. The third kappa shape index (κ3) is 3.84. The summed E-state index contributed by atoms with van der Waals surface area (Å²) in [6.07, 6.45) is 1.72. The highest BCUT2D eigenvalue weighted by Gasteiger charge is 2.20. The molecule has 0 aliphatic rings. The Morgan fingerprint density at radius 2 is 1.93 bits per heavy atom. The smallest absolute Gasteiger partial charge is 0.123 e. The molecule has 0 fully saturated rings. The van der Waals surface area contributed by atoms with E-state index < -0.39 is 11.6 Å². The molecule has 1 atom stereocenters. The second kappa shape index (κ2) is 7.39. The number of nitrogen functional groups attached to an aromatic ring is 1. The molecule has 29 heavy (non-hydrogen) atoms. The second-order valence-corrected chi connectivity index (χ2v) is 8.93. The Hall–Kier alpha value is -2.51. The summed E-state index contributed by atoms with van der Waals surface area (Å²) < 4.78 is 1.07. The largest absolute Gasteiger partial charge is 0.386 e. The van der Waals surface area contributed by atoms with Crippen LogP contribution in [-0.4, -0.2) is 15.1 Å². The van der Waals surface area contributed by atoms with Gasteiger partial charge in [0.05, 0.1) is 28.1 Å². The molecular formula is C22H21ClN4OS. The van der Waals surface area contributed by atoms with E-state index in [1.807, 2.05) is 30.3 Å². The van der Waals surface area contributed by atoms with Gasteiger partial charge in [-0.05, 0) is 55.1 Å². The fraction of sp³-hybridized carbons (Fsp3) is 0.182. The maximum atomic E-state index is 10.4. The average Bonchev–Trinajstić information content (AvgIpc) is 3.13. The van der Waals surface area contributed by atoms with Crippen molar-refractivity contribution in [3.8, 4) is 11.3 Å². The first-order valence-corrected chi connectivity index (χ1v) is 10.3. The Labute approximate surface area is 178 Å². The Balaban J connectivity index is 1.82. The third-order valence-electron chi connectivity index (χ3n) is 4.80. The van der Waals surface area contributed by atoms with E-state index >= 15 is 0 Å². The maximum Gasteiger partial charge on any atom is 0.123 e. The van der Waals surface area contributed by atoms with Crippen LogP contribution in [0.4, 0.5) is 5.82 Å². The fourth-order valence-corrected chi connectivity index (χ4v) is 4.63. The lowest BCUT2D eigenvalue weighted by Gasteiger charge is -2.18. The van der Waals surface area contributed by atoms with E-state index in [1.165, 1.54) is 0 Å². The summed E-state index contributed by atoms with van der Waals surface area (Å²) in [7, 11) is 0. The minimum absolute atomic E-state index is 0.384. The molecule has 0 saturated carbocycles. The van der Waals surface area contributed by atoms with E-state index in [0.717, 1.165) is 31.8 Å². The molecule has 7 heteroatoms. The zero-order chi connectivity index (χ0) is 20.8. The number of nitrogens with two attached hydrogens (primary N) is 2. The molecule has 0 radical (unpaired) electrons. The van der Waals surface area contributed by atoms with E-state index in [0.29, 0.717) is 16.5 Å². The summed E-state index contributed by atoms with van der Waals surface area (Å²) in [5, 5.41) is 11.9. The van der Waals surface area contributed by atoms with Crippen LogP contribution in [0.15, 0.2) is 54.7 Å². The molecule has 5 nitrogen and oxygen atoms in total. The van der Waals surface area contributed by atoms with Crippen LogP contribution in [-0.2, 0) is 5.60 Å². The van der Waals surface area contributed by atoms with E-state index in [1.54, 1.807) is 43.5 Å². The maximum absolute atomic E-state index is 10.4. The first-order valence-electron chi connectivity index (χ1n) is 9.13. The Morgan fingerprint density at radius 1 is 1.14 bits per heavy atom. The van der Waals surface area contributed by atoms with Gasteiger partial charge in [0.2, 0.25) is 0 Å². The highest BCUT2D eigenvalue weighted by Crippen LogP contribution is 2.39. The number of halogens is 1. The summed E-state index contributed by atoms with van der Waals surface area (Å²) in [6, 6.07) is 14.7. The molecule has 0 saturated heterocycles. The van der Waals surface area contributed by atoms with Crippen LogP contribution in [0.2, 0.25) is 5.02 Å². The molecule has 0 spiro atoms. The number of thiophene rings is 1. The van der Waals surface area contributed by atoms with Gasteiger partial charge in [-0.1, -0.05) is 29.8 Å². The van der Waals surface area contributed by atoms with Crippen molar-refractivity contribution in [3.05, 3.63) is 75.9 Å². The Morgan fingerprint density at radius 3 is 2.69 bits per heavy atom. The van der Waals surface area contributed by atoms with Gasteiger partial charge in [0, 0.05) is 21.3 Å². The van der Waals surface area contributed by atoms with Crippen LogP contribution in [0.1, 0.15) is 36.0 Å². The van der Waals surface area contributed by atoms with Crippen molar-refractivity contribution < 1.29 is 5.11 Å². The van der Waals surface area contributed by atoms with Gasteiger partial charge in [-0.15, -0.1) is 11.3 Å². The molecular weight excluding hydrogens is 404 g/mol. The number of hydrogen-bond donors (Lipinski definition) is 3. The summed E-state index contributed by atoms with van der Waals surface area (Å²) >= 11 is 7.88. The van der Waals surface area contributed by atoms with Gasteiger partial charge in [-0.3, -0.25) is 4.98 Å². The third-order valence-corrected chi connectivity index (χ3v) is 6.39. The van der Waals surface area contributed by atoms with Gasteiger partial charge in [0.1, 0.15) is 5.82 Å². The fourth-order valence-electron chi connectivity index (χ4n) is 3.22. The monoisotopic (exact) mass is 424 g/mol. The van der Waals surface area contributed by atoms with E-state index in [4.69, 9.17) is 23.1 Å². The van der Waals surface area contributed by atoms with Crippen molar-refractivity contribution in [2.75, 3.05) is 5.73 Å². The van der Waals surface area contributed by atoms with Crippen LogP contribution >= 0.6 is 22.9 Å². The minimum Gasteiger partial charge on any atom is -0.386 e. The van der Waals surface area contributed by atoms with Gasteiger partial charge in [-0.25, -0.2) is 4.98 Å². The number of aliphatic hydroxyl groups is 1. The number of pyridine rings is 2. The van der Waals surface area contributed by atoms with E-state index in [2.05, 4.69) is 16.0 Å². The summed E-state index contributed by atoms with van der Waals surface area (Å²) in [4.78, 5) is 9.79. The average molecular weight is 425 g/mol. The van der Waals surface area contributed by atoms with Crippen molar-refractivity contribution in [1.82, 2.24) is 9.97 Å². The molecule has 1 unspecified atom stereocenters. The molecule has 4 rings (SSSR count). The molecule has 1 aromatic carbocycles. The molecule has 0 aliphatic heterocycles. The number of anilines is 1. The zero-order valence-electron chi connectivity index (χ0n) is 16.1. The molecule has 0 bridgehead atoms. The predicted molar refractivity (Wildman–Crippen MR) is 120 cm³/mol. The molecule has 5 N–H and O–H groups in total. The molecule has 4 aromatic rings. The number of fused-ring (bicyclic) bond motifs is 1. The van der Waals surface area contributed by atoms with Gasteiger partial charge in [-0.2, -0.15) is 0 Å². The summed E-state index contributed by atoms with van der Waals surface area (Å²) in [5.41, 5.74) is 14.5. The Bertz CT molecular complexity index is 1200. The van der Waals surface area contributed by atoms with E-state index in [-0.39, 0.29) is 0 Å². The number of aromatic nitrogens is 2. The number of nitrogens with zero attached hydrogens (tertiary/aromatic N) is 2. The van der Waals surface area contributed by atoms with Gasteiger partial charge >= 0.3 is 0 Å². The SMILES string of the molecule is CC(C)(O)c1ccnc(-c2cccc3cc(C(N)c4nc(N)ccc4Cl)sc23)c1. The van der Waals surface area contributed by atoms with Gasteiger partial charge < -0.3 is 16.6 Å². The minimum atomic E-state index is -0.940. The highest BCUT2D eigenvalue weighted by atomic mass is 35.5. The normalized spacial score (nSPS) is 13.0. The molecule has 148 valence electrons. The summed E-state index contributed by atoms with van der Waals surface area (Å²) in [5.74, 6) is 0.384. The van der Waals surface area contributed by atoms with Crippen molar-refractivity contribution in [3.63, 3.8) is 0 Å². The zero-order valence-corrected chi connectivity index (χ0v) is 17.6. The first-order chi connectivity index (χ1) is 13.7. The van der Waals surface area contributed by atoms with Crippen molar-refractivity contribution in [1.29, 1.82) is 0 Å². The van der Waals surface area contributed by atoms with Crippen LogP contribution in [0.3, 0.4) is 0 Å². The van der Waals surface area contributed by atoms with E-state index in [9.17, 15) is 5.11 Å². The summed E-state index contributed by atoms with van der Waals surface area (Å²) in [6.45, 7) is 3.52. The van der Waals surface area contributed by atoms with Crippen molar-refractivity contribution >= 4 is 38.8 Å². The standard InChI is InChI=1S/C22H21ClN4OS/c1-22(2,28)13-8-9-26-16(11-13)14-5-3-4-12-10-17(29-21(12)14)19(25)20-15(23)6-7-18(24)27-20/h3-11,19,28H,25H2,1-2H3,(H2,24,27). The molecule has 0 amide bonds. The number of benzene rings is 1. The molecule has 0 aliphatic carbocycles. The number of hydrogen-bond acceptors (Lipinski definition) is 6. The molecule has 3 heterocycles. The van der Waals surface area contributed by atoms with Crippen LogP contribution in [0, 0.1) is 0 Å². The lowest BCUT2D eigenvalue weighted by molar-refractivity contribution is 0.0785. The number of rotatable bonds is 4. The Kier molecular flexibility index (Phi) is 5.04. The van der Waals surface area contributed by atoms with Gasteiger partial charge in [0.25, 0.3) is 0 Å². The lowest BCUT2D eigenvalue weighted by atomic mass is 9.97. The quantitative estimate of drug-likeness (QED) is 0.434. The first kappa shape index (κ1) is 19.8. The van der Waals surface area contributed by atoms with Crippen LogP contribution < -0.4 is 11.5 Å². The van der Waals surface area contributed by atoms with Crippen molar-refractivity contribution in [2.45, 2.75) is 25.5 Å². The lowest BCUT2D eigenvalue weighted by Crippen LogP contribution is -2.15. The van der Waals surface area contributed by atoms with Crippen LogP contribution in [0.5, 0.6) is 0 Å². The van der Waals surface area contributed by atoms with Crippen molar-refractivity contribution in [2.24, 2.45) is 5.73 Å². The highest BCUT2D eigenvalue weighted by molar-refractivity contribution is 7.19. The second-order valence-electron chi connectivity index (χ2n) is 7.44. The van der Waals surface area contributed by atoms with Gasteiger partial charge in [0.15, 0.2) is 0 Å². The van der Waals surface area contributed by atoms with Crippen LogP contribution in [0.25, 0.3) is 21.3 Å². The topological polar surface area (TPSA) is 98.0 Å². The molecule has 3 aromatic heterocycles.